The molecular weight excluding hydrogens is 468 g/mol. The van der Waals surface area contributed by atoms with E-state index >= 15 is 0 Å². The van der Waals surface area contributed by atoms with Gasteiger partial charge in [0.2, 0.25) is 5.88 Å². The number of hydrogen-bond donors (Lipinski definition) is 1. The predicted octanol–water partition coefficient (Wildman–Crippen LogP) is 4.88. The maximum absolute atomic E-state index is 8.38. The van der Waals surface area contributed by atoms with E-state index in [1.165, 1.54) is 19.3 Å². The summed E-state index contributed by atoms with van der Waals surface area (Å²) in [5, 5.41) is 8.38. The molecule has 1 unspecified atom stereocenters. The number of unbranched alkanes of at least 4 members (excludes halogenated alkanes) is 2. The summed E-state index contributed by atoms with van der Waals surface area (Å²) in [7, 11) is 0. The second kappa shape index (κ2) is 13.0. The Labute approximate surface area is 149 Å². The van der Waals surface area contributed by atoms with Crippen molar-refractivity contribution in [3.05, 3.63) is 22.8 Å². The van der Waals surface area contributed by atoms with E-state index in [-0.39, 0.29) is 0 Å². The van der Waals surface area contributed by atoms with Crippen LogP contribution in [0.4, 0.5) is 0 Å². The standard InChI is InChI=1S/C9H10BrNO.C5H12IO2P/c10-7-4-5-9(11-6-7)12-8-2-1-3-8;6-9-8-5-3-1-2-4-7/h4-6,8H,1-3H2;7,9H,1-5H2. The number of aromatic nitrogens is 1. The zero-order chi connectivity index (χ0) is 15.3. The minimum absolute atomic E-state index is 0.312. The van der Waals surface area contributed by atoms with Crippen molar-refractivity contribution in [1.82, 2.24) is 4.98 Å². The van der Waals surface area contributed by atoms with Crippen LogP contribution in [0.15, 0.2) is 22.8 Å². The van der Waals surface area contributed by atoms with Crippen molar-refractivity contribution in [2.75, 3.05) is 13.2 Å². The molecule has 1 aromatic heterocycles. The minimum Gasteiger partial charge on any atom is -0.474 e. The van der Waals surface area contributed by atoms with Crippen molar-refractivity contribution >= 4 is 44.4 Å². The number of aliphatic hydroxyl groups is 1. The second-order valence-electron chi connectivity index (χ2n) is 4.70. The van der Waals surface area contributed by atoms with Gasteiger partial charge in [0.05, 0.1) is 13.1 Å². The second-order valence-corrected chi connectivity index (χ2v) is 7.38. The molecule has 0 aliphatic heterocycles. The molecular formula is C14H22BrINO3P. The molecule has 1 fully saturated rings. The van der Waals surface area contributed by atoms with Gasteiger partial charge in [0.15, 0.2) is 0 Å². The first kappa shape index (κ1) is 19.6. The summed E-state index contributed by atoms with van der Waals surface area (Å²) in [5.74, 6) is 0.739. The lowest BCUT2D eigenvalue weighted by atomic mass is 9.96. The van der Waals surface area contributed by atoms with Gasteiger partial charge in [0.1, 0.15) is 6.10 Å². The summed E-state index contributed by atoms with van der Waals surface area (Å²) in [6.45, 7) is 1.74. The number of nitrogens with zero attached hydrogens (tertiary/aromatic N) is 1. The van der Waals surface area contributed by atoms with Crippen molar-refractivity contribution in [3.63, 3.8) is 0 Å². The fraction of sp³-hybridized carbons (Fsp3) is 0.643. The summed E-state index contributed by atoms with van der Waals surface area (Å²) in [6, 6.07) is 3.84. The Morgan fingerprint density at radius 3 is 2.67 bits per heavy atom. The largest absolute Gasteiger partial charge is 0.474 e. The predicted molar refractivity (Wildman–Crippen MR) is 99.4 cm³/mol. The Morgan fingerprint density at radius 2 is 2.14 bits per heavy atom. The molecule has 0 amide bonds. The summed E-state index contributed by atoms with van der Waals surface area (Å²) in [4.78, 5) is 4.13. The Bertz CT molecular complexity index is 360. The highest BCUT2D eigenvalue weighted by Crippen LogP contribution is 2.24. The Morgan fingerprint density at radius 1 is 1.33 bits per heavy atom. The lowest BCUT2D eigenvalue weighted by Crippen LogP contribution is -2.24. The molecule has 1 saturated carbocycles. The van der Waals surface area contributed by atoms with Crippen molar-refractivity contribution in [2.24, 2.45) is 0 Å². The van der Waals surface area contributed by atoms with E-state index in [9.17, 15) is 0 Å². The first-order valence-corrected chi connectivity index (χ1v) is 11.9. The van der Waals surface area contributed by atoms with Crippen LogP contribution < -0.4 is 4.74 Å². The van der Waals surface area contributed by atoms with Gasteiger partial charge in [-0.25, -0.2) is 4.98 Å². The Hall–Kier alpha value is 0.510. The third-order valence-corrected chi connectivity index (χ3v) is 4.72. The number of hydrogen-bond acceptors (Lipinski definition) is 4. The van der Waals surface area contributed by atoms with Crippen LogP contribution in [0.25, 0.3) is 0 Å². The smallest absolute Gasteiger partial charge is 0.213 e. The van der Waals surface area contributed by atoms with Crippen LogP contribution in [0, 0.1) is 0 Å². The number of rotatable bonds is 8. The monoisotopic (exact) mass is 489 g/mol. The zero-order valence-electron chi connectivity index (χ0n) is 11.9. The van der Waals surface area contributed by atoms with Crippen LogP contribution in [0.2, 0.25) is 0 Å². The van der Waals surface area contributed by atoms with Gasteiger partial charge >= 0.3 is 0 Å². The molecule has 1 aromatic rings. The van der Waals surface area contributed by atoms with Gasteiger partial charge in [-0.2, -0.15) is 0 Å². The van der Waals surface area contributed by atoms with Crippen LogP contribution in [-0.2, 0) is 4.52 Å². The highest BCUT2D eigenvalue weighted by atomic mass is 127. The van der Waals surface area contributed by atoms with E-state index in [0.717, 1.165) is 36.2 Å². The van der Waals surface area contributed by atoms with Gasteiger partial charge in [-0.15, -0.1) is 0 Å². The first-order chi connectivity index (χ1) is 10.3. The van der Waals surface area contributed by atoms with Crippen LogP contribution >= 0.6 is 44.4 Å². The Kier molecular flexibility index (Phi) is 12.1. The highest BCUT2D eigenvalue weighted by molar-refractivity contribution is 14.2. The fourth-order valence-corrected chi connectivity index (χ4v) is 2.71. The molecule has 0 spiro atoms. The molecule has 0 saturated heterocycles. The third-order valence-electron chi connectivity index (χ3n) is 3.00. The Balaban J connectivity index is 0.000000222. The van der Waals surface area contributed by atoms with E-state index in [4.69, 9.17) is 14.4 Å². The zero-order valence-corrected chi connectivity index (χ0v) is 16.7. The average molecular weight is 490 g/mol. The van der Waals surface area contributed by atoms with Gasteiger partial charge in [-0.05, 0) is 82.6 Å². The van der Waals surface area contributed by atoms with E-state index < -0.39 is 0 Å². The van der Waals surface area contributed by atoms with Gasteiger partial charge in [0, 0.05) is 23.3 Å². The van der Waals surface area contributed by atoms with Crippen LogP contribution in [0.3, 0.4) is 0 Å². The lowest BCUT2D eigenvalue weighted by molar-refractivity contribution is 0.114. The molecule has 4 nitrogen and oxygen atoms in total. The van der Waals surface area contributed by atoms with Crippen molar-refractivity contribution < 1.29 is 14.4 Å². The summed E-state index contributed by atoms with van der Waals surface area (Å²) < 4.78 is 11.7. The minimum atomic E-state index is 0.312. The van der Waals surface area contributed by atoms with Gasteiger partial charge in [-0.3, -0.25) is 0 Å². The van der Waals surface area contributed by atoms with E-state index in [1.54, 1.807) is 6.20 Å². The van der Waals surface area contributed by atoms with E-state index in [0.29, 0.717) is 19.2 Å². The number of aliphatic hydroxyl groups excluding tert-OH is 1. The van der Waals surface area contributed by atoms with E-state index in [1.807, 2.05) is 12.1 Å². The number of pyridine rings is 1. The van der Waals surface area contributed by atoms with Crippen LogP contribution in [-0.4, -0.2) is 29.4 Å². The third kappa shape index (κ3) is 10.00. The molecule has 2 rings (SSSR count). The SMILES string of the molecule is Brc1ccc(OC2CCC2)nc1.OCCCCCOPI. The molecule has 1 aliphatic rings. The van der Waals surface area contributed by atoms with Gasteiger partial charge < -0.3 is 14.4 Å². The van der Waals surface area contributed by atoms with Gasteiger partial charge in [-0.1, -0.05) is 0 Å². The van der Waals surface area contributed by atoms with E-state index in [2.05, 4.69) is 43.0 Å². The quantitative estimate of drug-likeness (QED) is 0.321. The summed E-state index contributed by atoms with van der Waals surface area (Å²) in [6.07, 6.45) is 8.89. The molecule has 0 radical (unpaired) electrons. The molecule has 0 bridgehead atoms. The molecule has 1 atom stereocenters. The summed E-state index contributed by atoms with van der Waals surface area (Å²) in [5.41, 5.74) is 0. The number of halogens is 2. The molecule has 120 valence electrons. The van der Waals surface area contributed by atoms with Crippen molar-refractivity contribution in [3.8, 4) is 5.88 Å². The lowest BCUT2D eigenvalue weighted by Gasteiger charge is -2.25. The summed E-state index contributed by atoms with van der Waals surface area (Å²) >= 11 is 5.53. The molecule has 1 aliphatic carbocycles. The first-order valence-electron chi connectivity index (χ1n) is 7.12. The van der Waals surface area contributed by atoms with Crippen LogP contribution in [0.5, 0.6) is 5.88 Å². The topological polar surface area (TPSA) is 51.6 Å². The highest BCUT2D eigenvalue weighted by Gasteiger charge is 2.19. The maximum atomic E-state index is 8.38. The maximum Gasteiger partial charge on any atom is 0.213 e. The molecule has 7 heteroatoms. The molecule has 21 heavy (non-hydrogen) atoms. The van der Waals surface area contributed by atoms with Crippen LogP contribution in [0.1, 0.15) is 38.5 Å². The normalized spacial score (nSPS) is 14.6. The molecule has 1 N–H and O–H groups in total. The molecule has 1 heterocycles. The fourth-order valence-electron chi connectivity index (χ4n) is 1.59. The van der Waals surface area contributed by atoms with Crippen molar-refractivity contribution in [1.29, 1.82) is 0 Å². The van der Waals surface area contributed by atoms with Crippen molar-refractivity contribution in [2.45, 2.75) is 44.6 Å². The number of ether oxygens (including phenoxy) is 1. The average Bonchev–Trinajstić information content (AvgIpc) is 2.45. The van der Waals surface area contributed by atoms with Gasteiger partial charge in [0.25, 0.3) is 0 Å². The molecule has 0 aromatic carbocycles.